The van der Waals surface area contributed by atoms with Gasteiger partial charge in [0, 0.05) is 12.6 Å². The van der Waals surface area contributed by atoms with Gasteiger partial charge in [-0.3, -0.25) is 0 Å². The summed E-state index contributed by atoms with van der Waals surface area (Å²) in [7, 11) is 0. The number of hydrogen-bond acceptors (Lipinski definition) is 1. The Morgan fingerprint density at radius 1 is 1.10 bits per heavy atom. The van der Waals surface area contributed by atoms with E-state index in [1.165, 1.54) is 44.2 Å². The Kier molecular flexibility index (Phi) is 5.37. The van der Waals surface area contributed by atoms with Crippen molar-refractivity contribution >= 4 is 0 Å². The normalized spacial score (nSPS) is 19.1. The first-order valence-electron chi connectivity index (χ1n) is 8.10. The third kappa shape index (κ3) is 4.26. The van der Waals surface area contributed by atoms with E-state index in [-0.39, 0.29) is 6.04 Å². The summed E-state index contributed by atoms with van der Waals surface area (Å²) in [6.45, 7) is 7.54. The molecule has 1 unspecified atom stereocenters. The standard InChI is InChI=1S/C18H27F2N/c1-13(2)11-18(8-4-5-9-18)12-21-14(3)15-6-7-16(19)17(20)10-15/h6-7,10,13-14,21H,4-5,8-9,11-12H2,1-3H3. The van der Waals surface area contributed by atoms with Crippen LogP contribution in [0.1, 0.15) is 64.5 Å². The van der Waals surface area contributed by atoms with Crippen molar-refractivity contribution in [2.45, 2.75) is 58.9 Å². The van der Waals surface area contributed by atoms with Crippen LogP contribution in [0, 0.1) is 23.0 Å². The van der Waals surface area contributed by atoms with Crippen LogP contribution in [0.15, 0.2) is 18.2 Å². The van der Waals surface area contributed by atoms with E-state index in [9.17, 15) is 8.78 Å². The highest BCUT2D eigenvalue weighted by molar-refractivity contribution is 5.20. The molecule has 0 spiro atoms. The summed E-state index contributed by atoms with van der Waals surface area (Å²) in [4.78, 5) is 0. The molecule has 0 saturated heterocycles. The third-order valence-corrected chi connectivity index (χ3v) is 4.73. The fraction of sp³-hybridized carbons (Fsp3) is 0.667. The first-order valence-corrected chi connectivity index (χ1v) is 8.10. The van der Waals surface area contributed by atoms with Crippen LogP contribution in [0.4, 0.5) is 8.78 Å². The Balaban J connectivity index is 1.98. The summed E-state index contributed by atoms with van der Waals surface area (Å²) in [5.74, 6) is -0.847. The molecule has 21 heavy (non-hydrogen) atoms. The lowest BCUT2D eigenvalue weighted by Gasteiger charge is -2.33. The lowest BCUT2D eigenvalue weighted by atomic mass is 9.78. The number of nitrogens with one attached hydrogen (secondary N) is 1. The van der Waals surface area contributed by atoms with E-state index < -0.39 is 11.6 Å². The molecule has 1 atom stereocenters. The fourth-order valence-electron chi connectivity index (χ4n) is 3.71. The molecule has 1 saturated carbocycles. The van der Waals surface area contributed by atoms with Gasteiger partial charge in [0.15, 0.2) is 11.6 Å². The summed E-state index contributed by atoms with van der Waals surface area (Å²) in [5.41, 5.74) is 1.20. The minimum Gasteiger partial charge on any atom is -0.310 e. The van der Waals surface area contributed by atoms with Crippen LogP contribution in [-0.2, 0) is 0 Å². The maximum absolute atomic E-state index is 13.3. The Bertz CT molecular complexity index is 464. The number of hydrogen-bond donors (Lipinski definition) is 1. The van der Waals surface area contributed by atoms with Gasteiger partial charge in [0.1, 0.15) is 0 Å². The zero-order chi connectivity index (χ0) is 15.5. The first kappa shape index (κ1) is 16.4. The highest BCUT2D eigenvalue weighted by Crippen LogP contribution is 2.43. The molecule has 1 fully saturated rings. The molecule has 1 N–H and O–H groups in total. The average molecular weight is 295 g/mol. The van der Waals surface area contributed by atoms with Crippen molar-refractivity contribution in [3.8, 4) is 0 Å². The number of benzene rings is 1. The summed E-state index contributed by atoms with van der Waals surface area (Å²) >= 11 is 0. The van der Waals surface area contributed by atoms with Gasteiger partial charge in [0.05, 0.1) is 0 Å². The summed E-state index contributed by atoms with van der Waals surface area (Å²) in [5, 5.41) is 3.54. The van der Waals surface area contributed by atoms with Gasteiger partial charge < -0.3 is 5.32 Å². The quantitative estimate of drug-likeness (QED) is 0.758. The Hall–Kier alpha value is -0.960. The highest BCUT2D eigenvalue weighted by atomic mass is 19.2. The molecule has 0 aliphatic heterocycles. The second kappa shape index (κ2) is 6.87. The zero-order valence-corrected chi connectivity index (χ0v) is 13.4. The second-order valence-electron chi connectivity index (χ2n) is 7.08. The second-order valence-corrected chi connectivity index (χ2v) is 7.08. The van der Waals surface area contributed by atoms with Crippen LogP contribution >= 0.6 is 0 Å². The van der Waals surface area contributed by atoms with Crippen molar-refractivity contribution < 1.29 is 8.78 Å². The molecule has 0 aromatic heterocycles. The lowest BCUT2D eigenvalue weighted by Crippen LogP contribution is -2.34. The van der Waals surface area contributed by atoms with E-state index in [4.69, 9.17) is 0 Å². The van der Waals surface area contributed by atoms with Gasteiger partial charge in [-0.15, -0.1) is 0 Å². The Labute approximate surface area is 127 Å². The van der Waals surface area contributed by atoms with Crippen molar-refractivity contribution in [1.82, 2.24) is 5.32 Å². The van der Waals surface area contributed by atoms with Gasteiger partial charge >= 0.3 is 0 Å². The van der Waals surface area contributed by atoms with Gasteiger partial charge in [0.2, 0.25) is 0 Å². The summed E-state index contributed by atoms with van der Waals surface area (Å²) in [6, 6.07) is 4.23. The molecule has 1 nitrogen and oxygen atoms in total. The van der Waals surface area contributed by atoms with Crippen LogP contribution in [0.25, 0.3) is 0 Å². The van der Waals surface area contributed by atoms with Crippen molar-refractivity contribution in [1.29, 1.82) is 0 Å². The number of rotatable bonds is 6. The topological polar surface area (TPSA) is 12.0 Å². The van der Waals surface area contributed by atoms with Gasteiger partial charge in [-0.05, 0) is 55.2 Å². The fourth-order valence-corrected chi connectivity index (χ4v) is 3.71. The molecule has 1 aromatic rings. The molecule has 1 aliphatic rings. The molecule has 0 radical (unpaired) electrons. The predicted molar refractivity (Wildman–Crippen MR) is 83.1 cm³/mol. The van der Waals surface area contributed by atoms with Crippen LogP contribution in [0.3, 0.4) is 0 Å². The molecule has 1 aromatic carbocycles. The van der Waals surface area contributed by atoms with E-state index in [1.54, 1.807) is 6.07 Å². The Morgan fingerprint density at radius 3 is 2.33 bits per heavy atom. The van der Waals surface area contributed by atoms with Crippen LogP contribution in [0.5, 0.6) is 0 Å². The van der Waals surface area contributed by atoms with Crippen LogP contribution in [-0.4, -0.2) is 6.54 Å². The molecule has 3 heteroatoms. The van der Waals surface area contributed by atoms with E-state index in [1.807, 2.05) is 6.92 Å². The van der Waals surface area contributed by atoms with Crippen LogP contribution < -0.4 is 5.32 Å². The van der Waals surface area contributed by atoms with Crippen molar-refractivity contribution in [2.24, 2.45) is 11.3 Å². The Morgan fingerprint density at radius 2 is 1.76 bits per heavy atom. The van der Waals surface area contributed by atoms with E-state index in [0.29, 0.717) is 11.3 Å². The largest absolute Gasteiger partial charge is 0.310 e. The summed E-state index contributed by atoms with van der Waals surface area (Å²) in [6.07, 6.45) is 6.43. The van der Waals surface area contributed by atoms with Crippen LogP contribution in [0.2, 0.25) is 0 Å². The minimum atomic E-state index is -0.780. The maximum atomic E-state index is 13.3. The molecule has 0 heterocycles. The van der Waals surface area contributed by atoms with E-state index in [0.717, 1.165) is 12.1 Å². The monoisotopic (exact) mass is 295 g/mol. The van der Waals surface area contributed by atoms with E-state index in [2.05, 4.69) is 19.2 Å². The molecular weight excluding hydrogens is 268 g/mol. The predicted octanol–water partition coefficient (Wildman–Crippen LogP) is 5.22. The van der Waals surface area contributed by atoms with Gasteiger partial charge in [-0.25, -0.2) is 8.78 Å². The molecular formula is C18H27F2N. The zero-order valence-electron chi connectivity index (χ0n) is 13.4. The summed E-state index contributed by atoms with van der Waals surface area (Å²) < 4.78 is 26.3. The number of halogens is 2. The molecule has 118 valence electrons. The lowest BCUT2D eigenvalue weighted by molar-refractivity contribution is 0.217. The first-order chi connectivity index (χ1) is 9.92. The molecule has 1 aliphatic carbocycles. The van der Waals surface area contributed by atoms with Gasteiger partial charge in [0.25, 0.3) is 0 Å². The maximum Gasteiger partial charge on any atom is 0.159 e. The molecule has 0 amide bonds. The van der Waals surface area contributed by atoms with Crippen molar-refractivity contribution in [3.63, 3.8) is 0 Å². The smallest absolute Gasteiger partial charge is 0.159 e. The SMILES string of the molecule is CC(C)CC1(CNC(C)c2ccc(F)c(F)c2)CCCC1. The van der Waals surface area contributed by atoms with E-state index >= 15 is 0 Å². The van der Waals surface area contributed by atoms with Gasteiger partial charge in [-0.1, -0.05) is 32.8 Å². The van der Waals surface area contributed by atoms with Gasteiger partial charge in [-0.2, -0.15) is 0 Å². The average Bonchev–Trinajstić information content (AvgIpc) is 2.87. The third-order valence-electron chi connectivity index (χ3n) is 4.73. The van der Waals surface area contributed by atoms with Crippen molar-refractivity contribution in [2.75, 3.05) is 6.54 Å². The molecule has 0 bridgehead atoms. The van der Waals surface area contributed by atoms with Crippen molar-refractivity contribution in [3.05, 3.63) is 35.4 Å². The minimum absolute atomic E-state index is 0.0461. The molecule has 2 rings (SSSR count). The highest BCUT2D eigenvalue weighted by Gasteiger charge is 2.34.